The Hall–Kier alpha value is -2.33. The summed E-state index contributed by atoms with van der Waals surface area (Å²) in [6, 6.07) is -0.789. The van der Waals surface area contributed by atoms with E-state index in [1.54, 1.807) is 0 Å². The van der Waals surface area contributed by atoms with Crippen LogP contribution < -0.4 is 11.5 Å². The van der Waals surface area contributed by atoms with E-state index in [2.05, 4.69) is 0 Å². The SMILES string of the molecule is COC([C@H]1COC(=O)O1)[C@@H]1OC(C(=O)O)=C[C@@H](N)[C@H]1CC(N)=O. The fourth-order valence-electron chi connectivity index (χ4n) is 2.71. The van der Waals surface area contributed by atoms with Crippen LogP contribution in [0, 0.1) is 5.92 Å². The van der Waals surface area contributed by atoms with Crippen molar-refractivity contribution >= 4 is 18.0 Å². The summed E-state index contributed by atoms with van der Waals surface area (Å²) in [5.74, 6) is -2.94. The van der Waals surface area contributed by atoms with E-state index in [4.69, 9.17) is 35.5 Å². The minimum atomic E-state index is -1.31. The summed E-state index contributed by atoms with van der Waals surface area (Å²) in [6.07, 6.45) is -2.43. The van der Waals surface area contributed by atoms with Crippen LogP contribution in [-0.4, -0.2) is 61.2 Å². The van der Waals surface area contributed by atoms with Crippen molar-refractivity contribution in [3.8, 4) is 0 Å². The molecule has 0 aromatic carbocycles. The molecule has 0 aliphatic carbocycles. The lowest BCUT2D eigenvalue weighted by molar-refractivity contribution is -0.148. The zero-order chi connectivity index (χ0) is 17.1. The molecule has 10 nitrogen and oxygen atoms in total. The molecule has 23 heavy (non-hydrogen) atoms. The van der Waals surface area contributed by atoms with Crippen molar-refractivity contribution in [3.05, 3.63) is 11.8 Å². The maximum absolute atomic E-state index is 11.3. The predicted octanol–water partition coefficient (Wildman–Crippen LogP) is -1.28. The van der Waals surface area contributed by atoms with Gasteiger partial charge in [-0.3, -0.25) is 4.79 Å². The monoisotopic (exact) mass is 330 g/mol. The summed E-state index contributed by atoms with van der Waals surface area (Å²) in [5, 5.41) is 9.11. The number of methoxy groups -OCH3 is 1. The van der Waals surface area contributed by atoms with Crippen LogP contribution in [-0.2, 0) is 28.5 Å². The summed E-state index contributed by atoms with van der Waals surface area (Å²) in [7, 11) is 1.34. The van der Waals surface area contributed by atoms with Crippen molar-refractivity contribution < 1.29 is 38.4 Å². The van der Waals surface area contributed by atoms with E-state index >= 15 is 0 Å². The highest BCUT2D eigenvalue weighted by Gasteiger charge is 2.47. The fourth-order valence-corrected chi connectivity index (χ4v) is 2.71. The highest BCUT2D eigenvalue weighted by molar-refractivity contribution is 5.84. The zero-order valence-electron chi connectivity index (χ0n) is 12.3. The third kappa shape index (κ3) is 3.71. The Morgan fingerprint density at radius 2 is 2.17 bits per heavy atom. The van der Waals surface area contributed by atoms with Gasteiger partial charge in [0.15, 0.2) is 6.10 Å². The summed E-state index contributed by atoms with van der Waals surface area (Å²) in [4.78, 5) is 33.6. The normalized spacial score (nSPS) is 31.4. The lowest BCUT2D eigenvalue weighted by atomic mass is 9.84. The minimum Gasteiger partial charge on any atom is -0.480 e. The average Bonchev–Trinajstić information content (AvgIpc) is 2.88. The summed E-state index contributed by atoms with van der Waals surface area (Å²) in [6.45, 7) is -0.0815. The molecule has 128 valence electrons. The molecule has 5 N–H and O–H groups in total. The Bertz CT molecular complexity index is 534. The quantitative estimate of drug-likeness (QED) is 0.504. The van der Waals surface area contributed by atoms with Gasteiger partial charge < -0.3 is 35.5 Å². The van der Waals surface area contributed by atoms with E-state index in [1.165, 1.54) is 13.2 Å². The predicted molar refractivity (Wildman–Crippen MR) is 72.9 cm³/mol. The molecular weight excluding hydrogens is 312 g/mol. The second-order valence-electron chi connectivity index (χ2n) is 5.25. The largest absolute Gasteiger partial charge is 0.508 e. The molecule has 2 aliphatic heterocycles. The molecule has 0 bridgehead atoms. The Labute approximate surface area is 131 Å². The van der Waals surface area contributed by atoms with Gasteiger partial charge in [0.25, 0.3) is 0 Å². The van der Waals surface area contributed by atoms with Crippen molar-refractivity contribution in [1.82, 2.24) is 0 Å². The Morgan fingerprint density at radius 1 is 1.48 bits per heavy atom. The van der Waals surface area contributed by atoms with Gasteiger partial charge >= 0.3 is 12.1 Å². The first kappa shape index (κ1) is 17.0. The van der Waals surface area contributed by atoms with E-state index < -0.39 is 48.3 Å². The van der Waals surface area contributed by atoms with Gasteiger partial charge in [-0.05, 0) is 6.08 Å². The number of carboxylic acids is 1. The molecule has 0 radical (unpaired) electrons. The van der Waals surface area contributed by atoms with Gasteiger partial charge in [0, 0.05) is 25.5 Å². The molecule has 10 heteroatoms. The van der Waals surface area contributed by atoms with Gasteiger partial charge in [-0.1, -0.05) is 0 Å². The van der Waals surface area contributed by atoms with E-state index in [1.807, 2.05) is 0 Å². The van der Waals surface area contributed by atoms with Gasteiger partial charge in [0.05, 0.1) is 0 Å². The highest BCUT2D eigenvalue weighted by Crippen LogP contribution is 2.31. The number of amides is 1. The van der Waals surface area contributed by atoms with E-state index in [0.717, 1.165) is 0 Å². The van der Waals surface area contributed by atoms with Crippen LogP contribution in [0.4, 0.5) is 4.79 Å². The Balaban J connectivity index is 2.28. The number of carbonyl (C=O) groups is 3. The molecule has 2 aliphatic rings. The van der Waals surface area contributed by atoms with Crippen LogP contribution in [0.25, 0.3) is 0 Å². The molecule has 0 aromatic rings. The number of hydrogen-bond donors (Lipinski definition) is 3. The fraction of sp³-hybridized carbons (Fsp3) is 0.615. The van der Waals surface area contributed by atoms with Crippen LogP contribution in [0.3, 0.4) is 0 Å². The maximum Gasteiger partial charge on any atom is 0.508 e. The van der Waals surface area contributed by atoms with Crippen LogP contribution >= 0.6 is 0 Å². The molecule has 2 heterocycles. The summed E-state index contributed by atoms with van der Waals surface area (Å²) in [5.41, 5.74) is 11.2. The average molecular weight is 330 g/mol. The second kappa shape index (κ2) is 6.84. The van der Waals surface area contributed by atoms with Crippen LogP contribution in [0.2, 0.25) is 0 Å². The molecule has 0 saturated carbocycles. The molecule has 1 fully saturated rings. The number of rotatable bonds is 6. The molecule has 5 atom stereocenters. The maximum atomic E-state index is 11.3. The topological polar surface area (TPSA) is 160 Å². The van der Waals surface area contributed by atoms with Crippen molar-refractivity contribution in [1.29, 1.82) is 0 Å². The van der Waals surface area contributed by atoms with Gasteiger partial charge in [0.1, 0.15) is 18.8 Å². The molecule has 1 unspecified atom stereocenters. The molecule has 0 aromatic heterocycles. The van der Waals surface area contributed by atoms with Crippen molar-refractivity contribution in [2.24, 2.45) is 17.4 Å². The summed E-state index contributed by atoms with van der Waals surface area (Å²) >= 11 is 0. The van der Waals surface area contributed by atoms with Crippen LogP contribution in [0.1, 0.15) is 6.42 Å². The molecular formula is C13H18N2O8. The number of primary amides is 1. The Morgan fingerprint density at radius 3 is 2.65 bits per heavy atom. The van der Waals surface area contributed by atoms with E-state index in [9.17, 15) is 14.4 Å². The molecule has 0 spiro atoms. The van der Waals surface area contributed by atoms with E-state index in [0.29, 0.717) is 0 Å². The number of carboxylic acid groups (broad SMARTS) is 1. The third-order valence-corrected chi connectivity index (χ3v) is 3.75. The lowest BCUT2D eigenvalue weighted by Crippen LogP contribution is -2.53. The van der Waals surface area contributed by atoms with Crippen molar-refractivity contribution in [2.45, 2.75) is 30.8 Å². The second-order valence-corrected chi connectivity index (χ2v) is 5.25. The number of cyclic esters (lactones) is 2. The highest BCUT2D eigenvalue weighted by atomic mass is 16.8. The minimum absolute atomic E-state index is 0.0815. The standard InChI is InChI=1S/C13H18N2O8/c1-20-11(8-4-21-13(19)23-8)10-5(2-9(15)16)6(14)3-7(22-10)12(17)18/h3,5-6,8,10-11H,2,4,14H2,1H3,(H2,15,16)(H,17,18)/t5-,6-,8-,10-,11?/m1/s1. The van der Waals surface area contributed by atoms with Crippen molar-refractivity contribution in [2.75, 3.05) is 13.7 Å². The van der Waals surface area contributed by atoms with Gasteiger partial charge in [-0.2, -0.15) is 0 Å². The van der Waals surface area contributed by atoms with Crippen LogP contribution in [0.5, 0.6) is 0 Å². The first-order valence-corrected chi connectivity index (χ1v) is 6.85. The van der Waals surface area contributed by atoms with Gasteiger partial charge in [0.2, 0.25) is 11.7 Å². The van der Waals surface area contributed by atoms with Gasteiger partial charge in [-0.25, -0.2) is 9.59 Å². The first-order chi connectivity index (χ1) is 10.8. The van der Waals surface area contributed by atoms with Gasteiger partial charge in [-0.15, -0.1) is 0 Å². The van der Waals surface area contributed by atoms with Crippen molar-refractivity contribution in [3.63, 3.8) is 0 Å². The lowest BCUT2D eigenvalue weighted by Gasteiger charge is -2.39. The third-order valence-electron chi connectivity index (χ3n) is 3.75. The summed E-state index contributed by atoms with van der Waals surface area (Å²) < 4.78 is 20.4. The zero-order valence-corrected chi connectivity index (χ0v) is 12.3. The smallest absolute Gasteiger partial charge is 0.480 e. The van der Waals surface area contributed by atoms with E-state index in [-0.39, 0.29) is 18.8 Å². The molecule has 2 rings (SSSR count). The number of nitrogens with two attached hydrogens (primary N) is 2. The van der Waals surface area contributed by atoms with Crippen LogP contribution in [0.15, 0.2) is 11.8 Å². The molecule has 1 amide bonds. The number of aliphatic carboxylic acids is 1. The number of ether oxygens (including phenoxy) is 4. The number of hydrogen-bond acceptors (Lipinski definition) is 8. The molecule has 1 saturated heterocycles. The Kier molecular flexibility index (Phi) is 5.06. The number of carbonyl (C=O) groups excluding carboxylic acids is 2. The first-order valence-electron chi connectivity index (χ1n) is 6.85.